The Labute approximate surface area is 192 Å². The van der Waals surface area contributed by atoms with Crippen molar-refractivity contribution in [3.8, 4) is 28.7 Å². The van der Waals surface area contributed by atoms with E-state index >= 15 is 0 Å². The van der Waals surface area contributed by atoms with E-state index in [2.05, 4.69) is 15.2 Å². The van der Waals surface area contributed by atoms with Crippen molar-refractivity contribution >= 4 is 11.6 Å². The van der Waals surface area contributed by atoms with E-state index in [1.807, 2.05) is 36.5 Å². The van der Waals surface area contributed by atoms with Crippen molar-refractivity contribution in [2.45, 2.75) is 19.5 Å². The Bertz CT molecular complexity index is 1140. The zero-order chi connectivity index (χ0) is 22.8. The van der Waals surface area contributed by atoms with Crippen LogP contribution in [0.3, 0.4) is 0 Å². The number of hydrogen-bond donors (Lipinski definition) is 1. The van der Waals surface area contributed by atoms with Crippen LogP contribution in [-0.4, -0.2) is 49.5 Å². The van der Waals surface area contributed by atoms with Crippen molar-refractivity contribution in [2.75, 3.05) is 40.0 Å². The van der Waals surface area contributed by atoms with Crippen LogP contribution in [0.4, 0.5) is 11.6 Å². The second kappa shape index (κ2) is 9.03. The van der Waals surface area contributed by atoms with Gasteiger partial charge in [-0.25, -0.2) is 9.97 Å². The highest BCUT2D eigenvalue weighted by Gasteiger charge is 2.21. The number of hydrogen-bond acceptors (Lipinski definition) is 9. The molecule has 9 heteroatoms. The van der Waals surface area contributed by atoms with Crippen LogP contribution in [0.15, 0.2) is 36.5 Å². The van der Waals surface area contributed by atoms with Gasteiger partial charge < -0.3 is 29.0 Å². The van der Waals surface area contributed by atoms with E-state index in [1.54, 1.807) is 21.3 Å². The van der Waals surface area contributed by atoms with E-state index in [0.29, 0.717) is 23.2 Å². The number of nitrogens with one attached hydrogen (secondary N) is 1. The van der Waals surface area contributed by atoms with E-state index in [1.165, 1.54) is 0 Å². The van der Waals surface area contributed by atoms with Crippen LogP contribution in [0, 0.1) is 0 Å². The summed E-state index contributed by atoms with van der Waals surface area (Å²) in [6, 6.07) is 9.68. The molecule has 2 aromatic carbocycles. The van der Waals surface area contributed by atoms with Gasteiger partial charge in [0, 0.05) is 49.6 Å². The average molecular weight is 450 g/mol. The van der Waals surface area contributed by atoms with Crippen LogP contribution in [0.1, 0.15) is 16.8 Å². The van der Waals surface area contributed by atoms with Gasteiger partial charge in [0.15, 0.2) is 23.0 Å². The lowest BCUT2D eigenvalue weighted by molar-refractivity contribution is 0.174. The summed E-state index contributed by atoms with van der Waals surface area (Å²) in [4.78, 5) is 11.6. The molecule has 172 valence electrons. The fraction of sp³-hybridized carbons (Fsp3) is 0.333. The normalized spacial score (nSPS) is 14.5. The van der Waals surface area contributed by atoms with Crippen LogP contribution in [0.2, 0.25) is 0 Å². The number of aromatic nitrogens is 2. The van der Waals surface area contributed by atoms with Crippen molar-refractivity contribution in [1.29, 1.82) is 0 Å². The maximum atomic E-state index is 5.49. The van der Waals surface area contributed by atoms with Crippen molar-refractivity contribution < 1.29 is 23.7 Å². The predicted molar refractivity (Wildman–Crippen MR) is 122 cm³/mol. The summed E-state index contributed by atoms with van der Waals surface area (Å²) >= 11 is 0. The maximum Gasteiger partial charge on any atom is 0.231 e. The van der Waals surface area contributed by atoms with Crippen LogP contribution in [-0.2, 0) is 19.5 Å². The molecule has 0 radical (unpaired) electrons. The van der Waals surface area contributed by atoms with Gasteiger partial charge in [-0.1, -0.05) is 0 Å². The summed E-state index contributed by atoms with van der Waals surface area (Å²) in [5.41, 5.74) is 4.15. The highest BCUT2D eigenvalue weighted by atomic mass is 16.7. The Kier molecular flexibility index (Phi) is 5.78. The molecule has 1 aromatic heterocycles. The van der Waals surface area contributed by atoms with Crippen molar-refractivity contribution in [2.24, 2.45) is 0 Å². The molecule has 0 atom stereocenters. The second-order valence-electron chi connectivity index (χ2n) is 7.85. The smallest absolute Gasteiger partial charge is 0.231 e. The molecule has 3 aromatic rings. The molecule has 2 aliphatic heterocycles. The number of ether oxygens (including phenoxy) is 5. The molecule has 0 amide bonds. The number of benzene rings is 2. The van der Waals surface area contributed by atoms with Crippen LogP contribution in [0.25, 0.3) is 0 Å². The SMILES string of the molecule is COc1cc(CN2CCc3nc(Nc4ccc5c(c4)OCO5)ncc3C2)cc(OC)c1OC. The minimum atomic E-state index is 0.251. The fourth-order valence-electron chi connectivity index (χ4n) is 4.16. The lowest BCUT2D eigenvalue weighted by atomic mass is 10.1. The quantitative estimate of drug-likeness (QED) is 0.581. The molecular formula is C24H26N4O5. The Balaban J connectivity index is 1.28. The molecule has 3 heterocycles. The van der Waals surface area contributed by atoms with Gasteiger partial charge in [0.05, 0.1) is 27.0 Å². The zero-order valence-electron chi connectivity index (χ0n) is 18.9. The van der Waals surface area contributed by atoms with Gasteiger partial charge in [-0.2, -0.15) is 0 Å². The van der Waals surface area contributed by atoms with Crippen molar-refractivity contribution in [3.05, 3.63) is 53.3 Å². The zero-order valence-corrected chi connectivity index (χ0v) is 18.9. The van der Waals surface area contributed by atoms with Crippen LogP contribution >= 0.6 is 0 Å². The van der Waals surface area contributed by atoms with E-state index in [-0.39, 0.29) is 6.79 Å². The van der Waals surface area contributed by atoms with Gasteiger partial charge in [-0.05, 0) is 29.8 Å². The Morgan fingerprint density at radius 2 is 1.79 bits per heavy atom. The summed E-state index contributed by atoms with van der Waals surface area (Å²) in [6.45, 7) is 2.68. The first kappa shape index (κ1) is 21.1. The monoisotopic (exact) mass is 450 g/mol. The summed E-state index contributed by atoms with van der Waals surface area (Å²) in [5, 5.41) is 3.26. The largest absolute Gasteiger partial charge is 0.493 e. The van der Waals surface area contributed by atoms with Gasteiger partial charge in [0.2, 0.25) is 18.5 Å². The molecule has 0 fully saturated rings. The van der Waals surface area contributed by atoms with E-state index in [4.69, 9.17) is 28.7 Å². The summed E-state index contributed by atoms with van der Waals surface area (Å²) in [7, 11) is 4.87. The van der Waals surface area contributed by atoms with E-state index in [0.717, 1.165) is 60.1 Å². The highest BCUT2D eigenvalue weighted by Crippen LogP contribution is 2.39. The van der Waals surface area contributed by atoms with Crippen LogP contribution in [0.5, 0.6) is 28.7 Å². The molecule has 5 rings (SSSR count). The minimum Gasteiger partial charge on any atom is -0.493 e. The molecule has 0 aliphatic carbocycles. The molecule has 1 N–H and O–H groups in total. The number of nitrogens with zero attached hydrogens (tertiary/aromatic N) is 3. The molecule has 0 bridgehead atoms. The maximum absolute atomic E-state index is 5.49. The lowest BCUT2D eigenvalue weighted by Crippen LogP contribution is -2.31. The molecule has 0 saturated heterocycles. The first-order chi connectivity index (χ1) is 16.2. The lowest BCUT2D eigenvalue weighted by Gasteiger charge is -2.28. The van der Waals surface area contributed by atoms with Gasteiger partial charge in [-0.3, -0.25) is 4.90 Å². The Hall–Kier alpha value is -3.72. The molecule has 33 heavy (non-hydrogen) atoms. The average Bonchev–Trinajstić information content (AvgIpc) is 3.31. The standard InChI is InChI=1S/C24H26N4O5/c1-29-21-8-15(9-22(30-2)23(21)31-3)12-28-7-6-18-16(13-28)11-25-24(27-18)26-17-4-5-19-20(10-17)33-14-32-19/h4-5,8-11H,6-7,12-14H2,1-3H3,(H,25,26,27). The minimum absolute atomic E-state index is 0.251. The van der Waals surface area contributed by atoms with Gasteiger partial charge in [0.1, 0.15) is 0 Å². The van der Waals surface area contributed by atoms with Crippen LogP contribution < -0.4 is 29.0 Å². The molecule has 0 unspecified atom stereocenters. The van der Waals surface area contributed by atoms with Crippen molar-refractivity contribution in [3.63, 3.8) is 0 Å². The first-order valence-electron chi connectivity index (χ1n) is 10.7. The number of fused-ring (bicyclic) bond motifs is 2. The molecule has 0 saturated carbocycles. The molecule has 0 spiro atoms. The van der Waals surface area contributed by atoms with E-state index < -0.39 is 0 Å². The molecule has 9 nitrogen and oxygen atoms in total. The van der Waals surface area contributed by atoms with Gasteiger partial charge in [-0.15, -0.1) is 0 Å². The van der Waals surface area contributed by atoms with E-state index in [9.17, 15) is 0 Å². The third-order valence-electron chi connectivity index (χ3n) is 5.77. The predicted octanol–water partition coefficient (Wildman–Crippen LogP) is 3.53. The molecular weight excluding hydrogens is 424 g/mol. The van der Waals surface area contributed by atoms with Gasteiger partial charge in [0.25, 0.3) is 0 Å². The third-order valence-corrected chi connectivity index (χ3v) is 5.77. The second-order valence-corrected chi connectivity index (χ2v) is 7.85. The van der Waals surface area contributed by atoms with Gasteiger partial charge >= 0.3 is 0 Å². The number of methoxy groups -OCH3 is 3. The first-order valence-corrected chi connectivity index (χ1v) is 10.7. The number of anilines is 2. The Morgan fingerprint density at radius 1 is 1.00 bits per heavy atom. The fourth-order valence-corrected chi connectivity index (χ4v) is 4.16. The summed E-state index contributed by atoms with van der Waals surface area (Å²) in [6.07, 6.45) is 2.75. The topological polar surface area (TPSA) is 87.2 Å². The van der Waals surface area contributed by atoms with Crippen molar-refractivity contribution in [1.82, 2.24) is 14.9 Å². The number of rotatable bonds is 7. The third kappa shape index (κ3) is 4.31. The summed E-state index contributed by atoms with van der Waals surface area (Å²) < 4.78 is 27.2. The molecule has 2 aliphatic rings. The highest BCUT2D eigenvalue weighted by molar-refractivity contribution is 5.60. The Morgan fingerprint density at radius 3 is 2.55 bits per heavy atom. The summed E-state index contributed by atoms with van der Waals surface area (Å²) in [5.74, 6) is 3.97.